The van der Waals surface area contributed by atoms with Crippen LogP contribution in [0, 0.1) is 5.92 Å². The van der Waals surface area contributed by atoms with Crippen LogP contribution in [-0.4, -0.2) is 29.9 Å². The summed E-state index contributed by atoms with van der Waals surface area (Å²) < 4.78 is 0. The molecule has 1 saturated heterocycles. The second-order valence-electron chi connectivity index (χ2n) is 7.05. The van der Waals surface area contributed by atoms with Gasteiger partial charge in [0.2, 0.25) is 5.91 Å². The van der Waals surface area contributed by atoms with Crippen molar-refractivity contribution in [1.82, 2.24) is 10.2 Å². The van der Waals surface area contributed by atoms with E-state index in [0.717, 1.165) is 38.9 Å². The maximum atomic E-state index is 11.7. The van der Waals surface area contributed by atoms with E-state index >= 15 is 0 Å². The first-order chi connectivity index (χ1) is 11.1. The van der Waals surface area contributed by atoms with Crippen molar-refractivity contribution in [3.8, 4) is 0 Å². The van der Waals surface area contributed by atoms with Gasteiger partial charge in [0.25, 0.3) is 0 Å². The molecule has 3 nitrogen and oxygen atoms in total. The molecule has 0 unspecified atom stereocenters. The first kappa shape index (κ1) is 17.7. The monoisotopic (exact) mass is 314 g/mol. The molecule has 1 atom stereocenters. The highest BCUT2D eigenvalue weighted by Gasteiger charge is 2.21. The molecule has 0 spiro atoms. The molecule has 1 fully saturated rings. The summed E-state index contributed by atoms with van der Waals surface area (Å²) in [5, 5.41) is 3.11. The number of likely N-dealkylation sites (tertiary alicyclic amines) is 1. The number of carbonyl (C=O) groups excluding carboxylic acids is 1. The summed E-state index contributed by atoms with van der Waals surface area (Å²) in [4.78, 5) is 14.1. The third kappa shape index (κ3) is 6.19. The van der Waals surface area contributed by atoms with Gasteiger partial charge in [0.05, 0.1) is 0 Å². The quantitative estimate of drug-likeness (QED) is 0.781. The van der Waals surface area contributed by atoms with E-state index in [1.165, 1.54) is 11.1 Å². The topological polar surface area (TPSA) is 32.3 Å². The fraction of sp³-hybridized carbons (Fsp3) is 0.550. The predicted molar refractivity (Wildman–Crippen MR) is 96.2 cm³/mol. The number of nitrogens with one attached hydrogen (secondary N) is 1. The summed E-state index contributed by atoms with van der Waals surface area (Å²) in [5.41, 5.74) is 2.77. The highest BCUT2D eigenvalue weighted by atomic mass is 16.1. The number of piperidine rings is 1. The van der Waals surface area contributed by atoms with Gasteiger partial charge < -0.3 is 5.32 Å². The number of carbonyl (C=O) groups is 1. The minimum atomic E-state index is 0.0879. The first-order valence-electron chi connectivity index (χ1n) is 8.77. The van der Waals surface area contributed by atoms with Crippen LogP contribution in [0.3, 0.4) is 0 Å². The molecule has 0 radical (unpaired) electrons. The molecule has 1 aromatic rings. The molecular weight excluding hydrogens is 284 g/mol. The van der Waals surface area contributed by atoms with Crippen LogP contribution >= 0.6 is 0 Å². The Morgan fingerprint density at radius 1 is 1.35 bits per heavy atom. The van der Waals surface area contributed by atoms with E-state index in [9.17, 15) is 4.79 Å². The maximum absolute atomic E-state index is 11.7. The number of benzene rings is 1. The average Bonchev–Trinajstić information content (AvgIpc) is 2.49. The van der Waals surface area contributed by atoms with Crippen molar-refractivity contribution in [2.75, 3.05) is 13.1 Å². The molecule has 0 aromatic heterocycles. The Labute approximate surface area is 140 Å². The van der Waals surface area contributed by atoms with Gasteiger partial charge in [-0.25, -0.2) is 0 Å². The second-order valence-corrected chi connectivity index (χ2v) is 7.05. The summed E-state index contributed by atoms with van der Waals surface area (Å²) in [5.74, 6) is 0.785. The molecule has 0 aliphatic carbocycles. The van der Waals surface area contributed by atoms with Crippen LogP contribution in [-0.2, 0) is 17.8 Å². The summed E-state index contributed by atoms with van der Waals surface area (Å²) in [6.45, 7) is 11.1. The molecule has 2 rings (SSSR count). The summed E-state index contributed by atoms with van der Waals surface area (Å²) >= 11 is 0. The van der Waals surface area contributed by atoms with Crippen LogP contribution in [0.5, 0.6) is 0 Å². The number of hydrogen-bond donors (Lipinski definition) is 1. The van der Waals surface area contributed by atoms with Crippen molar-refractivity contribution in [2.24, 2.45) is 5.92 Å². The van der Waals surface area contributed by atoms with Crippen LogP contribution in [0.1, 0.15) is 44.2 Å². The molecule has 1 N–H and O–H groups in total. The van der Waals surface area contributed by atoms with Gasteiger partial charge in [-0.05, 0) is 42.9 Å². The van der Waals surface area contributed by atoms with E-state index in [4.69, 9.17) is 0 Å². The standard InChI is InChI=1S/C20H30N2O/c1-4-6-20(23)21-19-7-5-12-22(15-19)14-18-10-8-17(9-11-18)13-16(2)3/h4,8-11,16,19H,1,5-7,12-15H2,2-3H3,(H,21,23)/t19-/m1/s1. The summed E-state index contributed by atoms with van der Waals surface area (Å²) in [6.07, 6.45) is 5.43. The van der Waals surface area contributed by atoms with Gasteiger partial charge in [-0.15, -0.1) is 6.58 Å². The normalized spacial score (nSPS) is 18.8. The van der Waals surface area contributed by atoms with Crippen molar-refractivity contribution in [3.05, 3.63) is 48.0 Å². The highest BCUT2D eigenvalue weighted by molar-refractivity contribution is 5.77. The zero-order valence-corrected chi connectivity index (χ0v) is 14.6. The molecule has 1 aliphatic rings. The van der Waals surface area contributed by atoms with E-state index in [-0.39, 0.29) is 11.9 Å². The van der Waals surface area contributed by atoms with Gasteiger partial charge in [0, 0.05) is 25.6 Å². The zero-order valence-electron chi connectivity index (χ0n) is 14.6. The third-order valence-electron chi connectivity index (χ3n) is 4.27. The Morgan fingerprint density at radius 2 is 2.04 bits per heavy atom. The van der Waals surface area contributed by atoms with Crippen LogP contribution in [0.4, 0.5) is 0 Å². The fourth-order valence-electron chi connectivity index (χ4n) is 3.25. The van der Waals surface area contributed by atoms with Crippen LogP contribution in [0.2, 0.25) is 0 Å². The van der Waals surface area contributed by atoms with Gasteiger partial charge in [-0.1, -0.05) is 44.2 Å². The van der Waals surface area contributed by atoms with E-state index in [2.05, 4.69) is 54.9 Å². The largest absolute Gasteiger partial charge is 0.352 e. The van der Waals surface area contributed by atoms with Gasteiger partial charge in [-0.2, -0.15) is 0 Å². The lowest BCUT2D eigenvalue weighted by molar-refractivity contribution is -0.121. The lowest BCUT2D eigenvalue weighted by atomic mass is 10.0. The Bertz CT molecular complexity index is 507. The average molecular weight is 314 g/mol. The molecule has 23 heavy (non-hydrogen) atoms. The molecular formula is C20H30N2O. The number of amides is 1. The van der Waals surface area contributed by atoms with E-state index < -0.39 is 0 Å². The molecule has 1 amide bonds. The van der Waals surface area contributed by atoms with Crippen LogP contribution in [0.25, 0.3) is 0 Å². The van der Waals surface area contributed by atoms with Crippen LogP contribution in [0.15, 0.2) is 36.9 Å². The minimum absolute atomic E-state index is 0.0879. The van der Waals surface area contributed by atoms with Gasteiger partial charge in [-0.3, -0.25) is 9.69 Å². The molecule has 0 saturated carbocycles. The highest BCUT2D eigenvalue weighted by Crippen LogP contribution is 2.15. The Kier molecular flexibility index (Phi) is 6.85. The zero-order chi connectivity index (χ0) is 16.7. The van der Waals surface area contributed by atoms with Crippen LogP contribution < -0.4 is 5.32 Å². The summed E-state index contributed by atoms with van der Waals surface area (Å²) in [6, 6.07) is 9.27. The Morgan fingerprint density at radius 3 is 2.70 bits per heavy atom. The molecule has 1 aromatic carbocycles. The molecule has 0 bridgehead atoms. The maximum Gasteiger partial charge on any atom is 0.224 e. The number of nitrogens with zero attached hydrogens (tertiary/aromatic N) is 1. The van der Waals surface area contributed by atoms with Crippen molar-refractivity contribution in [1.29, 1.82) is 0 Å². The predicted octanol–water partition coefficient (Wildman–Crippen LogP) is 3.54. The molecule has 126 valence electrons. The Hall–Kier alpha value is -1.61. The minimum Gasteiger partial charge on any atom is -0.352 e. The number of rotatable bonds is 7. The lowest BCUT2D eigenvalue weighted by Gasteiger charge is -2.33. The SMILES string of the molecule is C=CCC(=O)N[C@@H]1CCCN(Cc2ccc(CC(C)C)cc2)C1. The second kappa shape index (κ2) is 8.88. The first-order valence-corrected chi connectivity index (χ1v) is 8.77. The van der Waals surface area contributed by atoms with Gasteiger partial charge >= 0.3 is 0 Å². The summed E-state index contributed by atoms with van der Waals surface area (Å²) in [7, 11) is 0. The number of hydrogen-bond acceptors (Lipinski definition) is 2. The van der Waals surface area contributed by atoms with E-state index in [0.29, 0.717) is 12.3 Å². The smallest absolute Gasteiger partial charge is 0.224 e. The lowest BCUT2D eigenvalue weighted by Crippen LogP contribution is -2.47. The molecule has 3 heteroatoms. The fourth-order valence-corrected chi connectivity index (χ4v) is 3.25. The third-order valence-corrected chi connectivity index (χ3v) is 4.27. The van der Waals surface area contributed by atoms with Crippen molar-refractivity contribution in [2.45, 2.75) is 52.1 Å². The van der Waals surface area contributed by atoms with Crippen molar-refractivity contribution >= 4 is 5.91 Å². The van der Waals surface area contributed by atoms with Gasteiger partial charge in [0.1, 0.15) is 0 Å². The molecule has 1 aliphatic heterocycles. The van der Waals surface area contributed by atoms with Crippen molar-refractivity contribution in [3.63, 3.8) is 0 Å². The van der Waals surface area contributed by atoms with Crippen molar-refractivity contribution < 1.29 is 4.79 Å². The Balaban J connectivity index is 1.84. The molecule has 1 heterocycles. The van der Waals surface area contributed by atoms with Gasteiger partial charge in [0.15, 0.2) is 0 Å². The van der Waals surface area contributed by atoms with E-state index in [1.54, 1.807) is 6.08 Å². The van der Waals surface area contributed by atoms with E-state index in [1.807, 2.05) is 0 Å².